The Bertz CT molecular complexity index is 735. The molecule has 1 aliphatic heterocycles. The number of ketones is 1. The summed E-state index contributed by atoms with van der Waals surface area (Å²) in [6.07, 6.45) is 0. The van der Waals surface area contributed by atoms with Crippen LogP contribution >= 0.6 is 0 Å². The smallest absolute Gasteiger partial charge is 0.338 e. The van der Waals surface area contributed by atoms with Gasteiger partial charge in [-0.1, -0.05) is 0 Å². The molecule has 0 saturated heterocycles. The third kappa shape index (κ3) is 3.26. The maximum Gasteiger partial charge on any atom is 0.338 e. The topological polar surface area (TPSA) is 71.1 Å². The highest BCUT2D eigenvalue weighted by atomic mass is 16.7. The fraction of sp³-hybridized carbons (Fsp3) is 0.176. The lowest BCUT2D eigenvalue weighted by atomic mass is 10.1. The maximum atomic E-state index is 12.1. The van der Waals surface area contributed by atoms with Crippen molar-refractivity contribution in [2.75, 3.05) is 20.5 Å². The zero-order valence-electron chi connectivity index (χ0n) is 12.4. The number of benzene rings is 2. The molecule has 1 heterocycles. The van der Waals surface area contributed by atoms with Gasteiger partial charge in [-0.2, -0.15) is 0 Å². The molecule has 0 radical (unpaired) electrons. The van der Waals surface area contributed by atoms with Crippen molar-refractivity contribution in [2.24, 2.45) is 0 Å². The van der Waals surface area contributed by atoms with E-state index in [9.17, 15) is 9.59 Å². The second-order valence-electron chi connectivity index (χ2n) is 4.80. The van der Waals surface area contributed by atoms with Gasteiger partial charge in [0.2, 0.25) is 6.79 Å². The minimum atomic E-state index is -0.568. The summed E-state index contributed by atoms with van der Waals surface area (Å²) in [5.41, 5.74) is 0.751. The molecule has 0 aromatic heterocycles. The molecule has 118 valence electrons. The Balaban J connectivity index is 1.60. The van der Waals surface area contributed by atoms with Crippen LogP contribution in [0.15, 0.2) is 42.5 Å². The molecular weight excluding hydrogens is 300 g/mol. The van der Waals surface area contributed by atoms with E-state index in [1.807, 2.05) is 0 Å². The van der Waals surface area contributed by atoms with E-state index in [0.29, 0.717) is 28.4 Å². The van der Waals surface area contributed by atoms with Crippen molar-refractivity contribution in [3.8, 4) is 17.2 Å². The van der Waals surface area contributed by atoms with Gasteiger partial charge in [0.15, 0.2) is 23.9 Å². The highest BCUT2D eigenvalue weighted by molar-refractivity contribution is 5.99. The van der Waals surface area contributed by atoms with Crippen molar-refractivity contribution < 1.29 is 28.5 Å². The van der Waals surface area contributed by atoms with Gasteiger partial charge in [-0.15, -0.1) is 0 Å². The molecule has 0 amide bonds. The first-order valence-electron chi connectivity index (χ1n) is 6.91. The Morgan fingerprint density at radius 2 is 1.70 bits per heavy atom. The highest BCUT2D eigenvalue weighted by Gasteiger charge is 2.17. The van der Waals surface area contributed by atoms with E-state index >= 15 is 0 Å². The van der Waals surface area contributed by atoms with Crippen LogP contribution in [0.1, 0.15) is 20.7 Å². The molecule has 3 rings (SSSR count). The van der Waals surface area contributed by atoms with Gasteiger partial charge < -0.3 is 18.9 Å². The minimum absolute atomic E-state index is 0.138. The Kier molecular flexibility index (Phi) is 4.14. The van der Waals surface area contributed by atoms with Crippen LogP contribution in [-0.4, -0.2) is 32.3 Å². The van der Waals surface area contributed by atoms with Crippen LogP contribution in [0.2, 0.25) is 0 Å². The molecule has 6 heteroatoms. The van der Waals surface area contributed by atoms with E-state index < -0.39 is 5.97 Å². The lowest BCUT2D eigenvalue weighted by molar-refractivity contribution is 0.0474. The molecule has 1 aliphatic rings. The van der Waals surface area contributed by atoms with Gasteiger partial charge >= 0.3 is 5.97 Å². The number of rotatable bonds is 5. The van der Waals surface area contributed by atoms with Crippen molar-refractivity contribution in [2.45, 2.75) is 0 Å². The summed E-state index contributed by atoms with van der Waals surface area (Å²) in [7, 11) is 1.54. The molecule has 0 saturated carbocycles. The van der Waals surface area contributed by atoms with Gasteiger partial charge in [0.05, 0.1) is 12.7 Å². The summed E-state index contributed by atoms with van der Waals surface area (Å²) in [5, 5.41) is 0. The summed E-state index contributed by atoms with van der Waals surface area (Å²) in [6.45, 7) is -0.204. The standard InChI is InChI=1S/C17H14O6/c1-20-13-5-2-11(3-6-13)17(19)21-9-14(18)12-4-7-15-16(8-12)23-10-22-15/h2-8H,9-10H2,1H3. The van der Waals surface area contributed by atoms with E-state index in [4.69, 9.17) is 18.9 Å². The van der Waals surface area contributed by atoms with Gasteiger partial charge in [-0.05, 0) is 42.5 Å². The number of hydrogen-bond donors (Lipinski definition) is 0. The molecule has 6 nitrogen and oxygen atoms in total. The van der Waals surface area contributed by atoms with Crippen LogP contribution in [-0.2, 0) is 4.74 Å². The Morgan fingerprint density at radius 3 is 2.43 bits per heavy atom. The molecular formula is C17H14O6. The number of carbonyl (C=O) groups is 2. The molecule has 0 bridgehead atoms. The number of Topliss-reactive ketones (excluding diaryl/α,β-unsaturated/α-hetero) is 1. The fourth-order valence-corrected chi connectivity index (χ4v) is 2.09. The summed E-state index contributed by atoms with van der Waals surface area (Å²) >= 11 is 0. The first-order chi connectivity index (χ1) is 11.2. The Hall–Kier alpha value is -3.02. The fourth-order valence-electron chi connectivity index (χ4n) is 2.09. The monoisotopic (exact) mass is 314 g/mol. The first kappa shape index (κ1) is 14.9. The van der Waals surface area contributed by atoms with Crippen molar-refractivity contribution in [3.63, 3.8) is 0 Å². The van der Waals surface area contributed by atoms with Crippen molar-refractivity contribution in [1.29, 1.82) is 0 Å². The Morgan fingerprint density at radius 1 is 1.00 bits per heavy atom. The predicted octanol–water partition coefficient (Wildman–Crippen LogP) is 2.46. The van der Waals surface area contributed by atoms with E-state index in [2.05, 4.69) is 0 Å². The third-order valence-corrected chi connectivity index (χ3v) is 3.35. The van der Waals surface area contributed by atoms with Crippen molar-refractivity contribution in [3.05, 3.63) is 53.6 Å². The molecule has 2 aromatic carbocycles. The average molecular weight is 314 g/mol. The molecule has 2 aromatic rings. The largest absolute Gasteiger partial charge is 0.497 e. The lowest BCUT2D eigenvalue weighted by Gasteiger charge is -2.06. The summed E-state index contributed by atoms with van der Waals surface area (Å²) in [5.74, 6) is 0.860. The predicted molar refractivity (Wildman–Crippen MR) is 80.2 cm³/mol. The first-order valence-corrected chi connectivity index (χ1v) is 6.91. The zero-order valence-corrected chi connectivity index (χ0v) is 12.4. The third-order valence-electron chi connectivity index (χ3n) is 3.35. The summed E-state index contributed by atoms with van der Waals surface area (Å²) in [6, 6.07) is 11.3. The van der Waals surface area contributed by atoms with E-state index in [0.717, 1.165) is 0 Å². The van der Waals surface area contributed by atoms with Crippen LogP contribution in [0.3, 0.4) is 0 Å². The quantitative estimate of drug-likeness (QED) is 0.623. The molecule has 0 fully saturated rings. The molecule has 0 spiro atoms. The zero-order chi connectivity index (χ0) is 16.2. The van der Waals surface area contributed by atoms with Gasteiger partial charge in [-0.25, -0.2) is 4.79 Å². The average Bonchev–Trinajstić information content (AvgIpc) is 3.07. The number of methoxy groups -OCH3 is 1. The SMILES string of the molecule is COc1ccc(C(=O)OCC(=O)c2ccc3c(c2)OCO3)cc1. The number of hydrogen-bond acceptors (Lipinski definition) is 6. The van der Waals surface area contributed by atoms with Gasteiger partial charge in [0, 0.05) is 5.56 Å². The van der Waals surface area contributed by atoms with E-state index in [1.54, 1.807) is 42.5 Å². The molecule has 0 aliphatic carbocycles. The normalized spacial score (nSPS) is 11.9. The molecule has 0 atom stereocenters. The second-order valence-corrected chi connectivity index (χ2v) is 4.80. The number of ether oxygens (including phenoxy) is 4. The van der Waals surface area contributed by atoms with Crippen molar-refractivity contribution >= 4 is 11.8 Å². The summed E-state index contributed by atoms with van der Waals surface area (Å²) in [4.78, 5) is 24.0. The summed E-state index contributed by atoms with van der Waals surface area (Å²) < 4.78 is 20.4. The lowest BCUT2D eigenvalue weighted by Crippen LogP contribution is -2.14. The van der Waals surface area contributed by atoms with Crippen LogP contribution in [0, 0.1) is 0 Å². The number of fused-ring (bicyclic) bond motifs is 1. The van der Waals surface area contributed by atoms with Crippen LogP contribution in [0.4, 0.5) is 0 Å². The van der Waals surface area contributed by atoms with Gasteiger partial charge in [0.25, 0.3) is 0 Å². The maximum absolute atomic E-state index is 12.1. The van der Waals surface area contributed by atoms with Crippen molar-refractivity contribution in [1.82, 2.24) is 0 Å². The highest BCUT2D eigenvalue weighted by Crippen LogP contribution is 2.32. The molecule has 0 N–H and O–H groups in total. The van der Waals surface area contributed by atoms with Crippen LogP contribution in [0.5, 0.6) is 17.2 Å². The number of esters is 1. The van der Waals surface area contributed by atoms with E-state index in [-0.39, 0.29) is 19.2 Å². The second kappa shape index (κ2) is 6.39. The van der Waals surface area contributed by atoms with Gasteiger partial charge in [0.1, 0.15) is 5.75 Å². The molecule has 23 heavy (non-hydrogen) atoms. The molecule has 0 unspecified atom stereocenters. The van der Waals surface area contributed by atoms with Gasteiger partial charge in [-0.3, -0.25) is 4.79 Å². The van der Waals surface area contributed by atoms with Crippen LogP contribution < -0.4 is 14.2 Å². The van der Waals surface area contributed by atoms with E-state index in [1.165, 1.54) is 7.11 Å². The number of carbonyl (C=O) groups excluding carboxylic acids is 2. The Labute approximate surface area is 132 Å². The van der Waals surface area contributed by atoms with Crippen LogP contribution in [0.25, 0.3) is 0 Å². The minimum Gasteiger partial charge on any atom is -0.497 e.